The average Bonchev–Trinajstić information content (AvgIpc) is 3.06. The van der Waals surface area contributed by atoms with Crippen LogP contribution in [0.1, 0.15) is 30.0 Å². The molecule has 0 saturated heterocycles. The Morgan fingerprint density at radius 3 is 2.70 bits per heavy atom. The van der Waals surface area contributed by atoms with E-state index in [1.54, 1.807) is 31.2 Å². The van der Waals surface area contributed by atoms with Gasteiger partial charge in [-0.25, -0.2) is 9.79 Å². The van der Waals surface area contributed by atoms with Crippen LogP contribution in [0.2, 0.25) is 0 Å². The van der Waals surface area contributed by atoms with E-state index in [-0.39, 0.29) is 17.3 Å². The first-order valence-electron chi connectivity index (χ1n) is 9.12. The monoisotopic (exact) mass is 474 g/mol. The van der Waals surface area contributed by atoms with E-state index in [0.29, 0.717) is 39.3 Å². The third kappa shape index (κ3) is 4.51. The van der Waals surface area contributed by atoms with Crippen molar-refractivity contribution in [3.05, 3.63) is 67.3 Å². The highest BCUT2D eigenvalue weighted by Crippen LogP contribution is 2.37. The number of esters is 1. The fourth-order valence-electron chi connectivity index (χ4n) is 2.85. The number of carbonyl (C=O) groups excluding carboxylic acids is 1. The van der Waals surface area contributed by atoms with Crippen molar-refractivity contribution >= 4 is 39.6 Å². The lowest BCUT2D eigenvalue weighted by Gasteiger charge is -2.13. The number of halogens is 1. The van der Waals surface area contributed by atoms with Crippen LogP contribution in [0.3, 0.4) is 0 Å². The number of aryl methyl sites for hydroxylation is 1. The minimum absolute atomic E-state index is 0.0123. The van der Waals surface area contributed by atoms with E-state index in [9.17, 15) is 14.9 Å². The summed E-state index contributed by atoms with van der Waals surface area (Å²) in [4.78, 5) is 27.1. The van der Waals surface area contributed by atoms with Gasteiger partial charge in [0.2, 0.25) is 5.90 Å². The van der Waals surface area contributed by atoms with Crippen LogP contribution >= 0.6 is 15.9 Å². The predicted octanol–water partition coefficient (Wildman–Crippen LogP) is 4.81. The Labute approximate surface area is 181 Å². The van der Waals surface area contributed by atoms with Gasteiger partial charge in [-0.3, -0.25) is 10.1 Å². The third-order valence-electron chi connectivity index (χ3n) is 4.27. The summed E-state index contributed by atoms with van der Waals surface area (Å²) in [7, 11) is 1.54. The topological polar surface area (TPSA) is 100 Å². The Hall–Kier alpha value is -3.20. The Bertz CT molecular complexity index is 1080. The molecule has 0 saturated carbocycles. The van der Waals surface area contributed by atoms with Gasteiger partial charge in [-0.2, -0.15) is 0 Å². The molecule has 2 aromatic rings. The Morgan fingerprint density at radius 1 is 1.30 bits per heavy atom. The van der Waals surface area contributed by atoms with Crippen molar-refractivity contribution in [1.82, 2.24) is 0 Å². The van der Waals surface area contributed by atoms with Crippen LogP contribution in [0.4, 0.5) is 5.69 Å². The van der Waals surface area contributed by atoms with Gasteiger partial charge in [0.05, 0.1) is 23.1 Å². The van der Waals surface area contributed by atoms with Crippen LogP contribution < -0.4 is 9.47 Å². The second-order valence-corrected chi connectivity index (χ2v) is 7.33. The number of benzene rings is 2. The van der Waals surface area contributed by atoms with E-state index < -0.39 is 10.9 Å². The van der Waals surface area contributed by atoms with Crippen molar-refractivity contribution in [3.8, 4) is 11.5 Å². The first-order chi connectivity index (χ1) is 14.3. The van der Waals surface area contributed by atoms with E-state index >= 15 is 0 Å². The van der Waals surface area contributed by atoms with E-state index in [1.165, 1.54) is 19.2 Å². The van der Waals surface area contributed by atoms with Crippen molar-refractivity contribution < 1.29 is 23.9 Å². The van der Waals surface area contributed by atoms with Crippen molar-refractivity contribution in [1.29, 1.82) is 0 Å². The fourth-order valence-corrected chi connectivity index (χ4v) is 3.43. The van der Waals surface area contributed by atoms with Crippen LogP contribution in [0.25, 0.3) is 6.08 Å². The maximum atomic E-state index is 12.3. The van der Waals surface area contributed by atoms with Gasteiger partial charge in [0.15, 0.2) is 17.2 Å². The molecule has 3 rings (SSSR count). The van der Waals surface area contributed by atoms with Crippen molar-refractivity contribution in [2.45, 2.75) is 20.3 Å². The summed E-state index contributed by atoms with van der Waals surface area (Å²) in [6.45, 7) is 4.17. The number of cyclic esters (lactones) is 1. The zero-order chi connectivity index (χ0) is 21.8. The van der Waals surface area contributed by atoms with E-state index in [0.717, 1.165) is 6.42 Å². The molecule has 0 atom stereocenters. The molecule has 30 heavy (non-hydrogen) atoms. The van der Waals surface area contributed by atoms with Crippen LogP contribution in [0.15, 0.2) is 45.5 Å². The number of nitro groups is 1. The summed E-state index contributed by atoms with van der Waals surface area (Å²) in [6, 6.07) is 7.95. The van der Waals surface area contributed by atoms with Gasteiger partial charge in [-0.05, 0) is 65.2 Å². The Balaban J connectivity index is 1.93. The number of hydrogen-bond donors (Lipinski definition) is 0. The minimum atomic E-state index is -0.609. The molecule has 1 aliphatic rings. The molecule has 0 bridgehead atoms. The molecule has 0 amide bonds. The van der Waals surface area contributed by atoms with Gasteiger partial charge in [-0.15, -0.1) is 0 Å². The molecule has 9 heteroatoms. The SMILES string of the molecule is CCCOc1c(Br)cc(/C=C2\N=C(c3ccc([N+](=O)[O-])c(C)c3)OC2=O)cc1OC. The number of methoxy groups -OCH3 is 1. The first-order valence-corrected chi connectivity index (χ1v) is 9.91. The number of ether oxygens (including phenoxy) is 3. The molecule has 0 aliphatic carbocycles. The fraction of sp³-hybridized carbons (Fsp3) is 0.238. The summed E-state index contributed by atoms with van der Waals surface area (Å²) in [5.41, 5.74) is 1.69. The first kappa shape index (κ1) is 21.5. The molecule has 0 radical (unpaired) electrons. The maximum absolute atomic E-state index is 12.3. The van der Waals surface area contributed by atoms with Crippen LogP contribution in [0.5, 0.6) is 11.5 Å². The molecule has 1 aliphatic heterocycles. The second-order valence-electron chi connectivity index (χ2n) is 6.48. The molecule has 0 aromatic heterocycles. The van der Waals surface area contributed by atoms with Gasteiger partial charge >= 0.3 is 5.97 Å². The third-order valence-corrected chi connectivity index (χ3v) is 4.86. The van der Waals surface area contributed by atoms with Gasteiger partial charge in [0.1, 0.15) is 0 Å². The predicted molar refractivity (Wildman–Crippen MR) is 115 cm³/mol. The maximum Gasteiger partial charge on any atom is 0.363 e. The largest absolute Gasteiger partial charge is 0.493 e. The number of aliphatic imine (C=N–C) groups is 1. The van der Waals surface area contributed by atoms with Crippen LogP contribution in [-0.4, -0.2) is 30.5 Å². The van der Waals surface area contributed by atoms with Crippen LogP contribution in [-0.2, 0) is 9.53 Å². The molecule has 156 valence electrons. The summed E-state index contributed by atoms with van der Waals surface area (Å²) < 4.78 is 17.0. The molecule has 8 nitrogen and oxygen atoms in total. The van der Waals surface area contributed by atoms with E-state index in [2.05, 4.69) is 20.9 Å². The molecule has 1 heterocycles. The number of nitrogens with zero attached hydrogens (tertiary/aromatic N) is 2. The summed E-state index contributed by atoms with van der Waals surface area (Å²) in [6.07, 6.45) is 2.43. The highest BCUT2D eigenvalue weighted by Gasteiger charge is 2.25. The zero-order valence-electron chi connectivity index (χ0n) is 16.6. The Kier molecular flexibility index (Phi) is 6.51. The number of carbonyl (C=O) groups is 1. The average molecular weight is 475 g/mol. The standard InChI is InChI=1S/C21H19BrN2O6/c1-4-7-29-19-15(22)9-13(11-18(19)28-3)10-16-21(25)30-20(23-16)14-5-6-17(24(26)27)12(2)8-14/h5-6,8-11H,4,7H2,1-3H3/b16-10-. The van der Waals surface area contributed by atoms with Gasteiger partial charge in [0.25, 0.3) is 5.69 Å². The Morgan fingerprint density at radius 2 is 2.07 bits per heavy atom. The normalized spacial score (nSPS) is 14.5. The number of hydrogen-bond acceptors (Lipinski definition) is 7. The summed E-state index contributed by atoms with van der Waals surface area (Å²) in [5.74, 6) is 0.591. The summed E-state index contributed by atoms with van der Waals surface area (Å²) >= 11 is 3.47. The molecule has 0 unspecified atom stereocenters. The highest BCUT2D eigenvalue weighted by atomic mass is 79.9. The lowest BCUT2D eigenvalue weighted by molar-refractivity contribution is -0.385. The minimum Gasteiger partial charge on any atom is -0.493 e. The lowest BCUT2D eigenvalue weighted by atomic mass is 10.1. The molecule has 0 fully saturated rings. The van der Waals surface area contributed by atoms with Crippen molar-refractivity contribution in [2.75, 3.05) is 13.7 Å². The van der Waals surface area contributed by atoms with E-state index in [1.807, 2.05) is 6.92 Å². The lowest BCUT2D eigenvalue weighted by Crippen LogP contribution is -2.06. The number of rotatable bonds is 7. The van der Waals surface area contributed by atoms with Crippen molar-refractivity contribution in [3.63, 3.8) is 0 Å². The quantitative estimate of drug-likeness (QED) is 0.247. The molecular weight excluding hydrogens is 456 g/mol. The molecule has 0 N–H and O–H groups in total. The van der Waals surface area contributed by atoms with Crippen molar-refractivity contribution in [2.24, 2.45) is 4.99 Å². The molecule has 0 spiro atoms. The van der Waals surface area contributed by atoms with Gasteiger partial charge < -0.3 is 14.2 Å². The smallest absolute Gasteiger partial charge is 0.363 e. The van der Waals surface area contributed by atoms with E-state index in [4.69, 9.17) is 14.2 Å². The van der Waals surface area contributed by atoms with Crippen LogP contribution in [0, 0.1) is 17.0 Å². The number of nitro benzene ring substituents is 1. The molecule has 2 aromatic carbocycles. The highest BCUT2D eigenvalue weighted by molar-refractivity contribution is 9.10. The summed E-state index contributed by atoms with van der Waals surface area (Å²) in [5, 5.41) is 11.0. The second kappa shape index (κ2) is 9.08. The van der Waals surface area contributed by atoms with Gasteiger partial charge in [-0.1, -0.05) is 6.92 Å². The zero-order valence-corrected chi connectivity index (χ0v) is 18.2. The van der Waals surface area contributed by atoms with Gasteiger partial charge in [0, 0.05) is 17.2 Å². The molecular formula is C21H19BrN2O6.